The SMILES string of the molecule is COC(=O)CCSC[C@@H]1CCCN1C(=O)OC(C)(C)C. The van der Waals surface area contributed by atoms with Gasteiger partial charge in [0.1, 0.15) is 5.60 Å². The van der Waals surface area contributed by atoms with Crippen molar-refractivity contribution in [2.75, 3.05) is 25.2 Å². The number of hydrogen-bond donors (Lipinski definition) is 0. The highest BCUT2D eigenvalue weighted by molar-refractivity contribution is 7.99. The Labute approximate surface area is 125 Å². The van der Waals surface area contributed by atoms with Crippen molar-refractivity contribution >= 4 is 23.8 Å². The Kier molecular flexibility index (Phi) is 6.65. The van der Waals surface area contributed by atoms with Gasteiger partial charge < -0.3 is 14.4 Å². The van der Waals surface area contributed by atoms with Gasteiger partial charge in [0.2, 0.25) is 0 Å². The number of carbonyl (C=O) groups excluding carboxylic acids is 2. The maximum Gasteiger partial charge on any atom is 0.410 e. The van der Waals surface area contributed by atoms with Crippen molar-refractivity contribution in [3.63, 3.8) is 0 Å². The van der Waals surface area contributed by atoms with Gasteiger partial charge in [0.25, 0.3) is 0 Å². The van der Waals surface area contributed by atoms with Crippen molar-refractivity contribution in [1.82, 2.24) is 4.90 Å². The number of carbonyl (C=O) groups is 2. The molecule has 116 valence electrons. The van der Waals surface area contributed by atoms with Crippen LogP contribution in [0.25, 0.3) is 0 Å². The Balaban J connectivity index is 2.34. The smallest absolute Gasteiger partial charge is 0.410 e. The van der Waals surface area contributed by atoms with E-state index >= 15 is 0 Å². The van der Waals surface area contributed by atoms with Crippen LogP contribution >= 0.6 is 11.8 Å². The summed E-state index contributed by atoms with van der Waals surface area (Å²) in [7, 11) is 1.40. The first kappa shape index (κ1) is 17.1. The quantitative estimate of drug-likeness (QED) is 0.577. The fourth-order valence-electron chi connectivity index (χ4n) is 2.05. The summed E-state index contributed by atoms with van der Waals surface area (Å²) in [5, 5.41) is 0. The van der Waals surface area contributed by atoms with E-state index in [1.54, 1.807) is 11.8 Å². The van der Waals surface area contributed by atoms with Crippen LogP contribution in [0.5, 0.6) is 0 Å². The van der Waals surface area contributed by atoms with Gasteiger partial charge in [-0.05, 0) is 33.6 Å². The number of rotatable bonds is 5. The number of hydrogen-bond acceptors (Lipinski definition) is 5. The Morgan fingerprint density at radius 3 is 2.65 bits per heavy atom. The molecule has 0 radical (unpaired) electrons. The van der Waals surface area contributed by atoms with E-state index in [0.717, 1.165) is 30.9 Å². The van der Waals surface area contributed by atoms with E-state index in [-0.39, 0.29) is 18.1 Å². The van der Waals surface area contributed by atoms with Gasteiger partial charge in [0.05, 0.1) is 13.5 Å². The van der Waals surface area contributed by atoms with Crippen LogP contribution in [-0.4, -0.2) is 53.8 Å². The fraction of sp³-hybridized carbons (Fsp3) is 0.857. The Bertz CT molecular complexity index is 341. The zero-order valence-corrected chi connectivity index (χ0v) is 13.6. The average molecular weight is 303 g/mol. The second-order valence-electron chi connectivity index (χ2n) is 5.87. The number of thioether (sulfide) groups is 1. The molecule has 0 bridgehead atoms. The second-order valence-corrected chi connectivity index (χ2v) is 7.02. The Hall–Kier alpha value is -0.910. The minimum atomic E-state index is -0.456. The molecule has 5 nitrogen and oxygen atoms in total. The number of ether oxygens (including phenoxy) is 2. The molecule has 1 atom stereocenters. The maximum absolute atomic E-state index is 12.1. The van der Waals surface area contributed by atoms with E-state index in [2.05, 4.69) is 4.74 Å². The first-order valence-corrected chi connectivity index (χ1v) is 8.13. The number of amides is 1. The summed E-state index contributed by atoms with van der Waals surface area (Å²) < 4.78 is 10.0. The number of likely N-dealkylation sites (tertiary alicyclic amines) is 1. The van der Waals surface area contributed by atoms with E-state index < -0.39 is 5.60 Å². The van der Waals surface area contributed by atoms with E-state index in [0.29, 0.717) is 6.42 Å². The van der Waals surface area contributed by atoms with Gasteiger partial charge in [0, 0.05) is 24.1 Å². The topological polar surface area (TPSA) is 55.8 Å². The third-order valence-corrected chi connectivity index (χ3v) is 4.11. The molecule has 0 saturated carbocycles. The third-order valence-electron chi connectivity index (χ3n) is 2.99. The van der Waals surface area contributed by atoms with Crippen LogP contribution in [0.4, 0.5) is 4.79 Å². The standard InChI is InChI=1S/C14H25NO4S/c1-14(2,3)19-13(17)15-8-5-6-11(15)10-20-9-7-12(16)18-4/h11H,5-10H2,1-4H3/t11-/m0/s1. The molecule has 0 spiro atoms. The molecule has 0 aromatic rings. The number of esters is 1. The van der Waals surface area contributed by atoms with Gasteiger partial charge in [-0.1, -0.05) is 0 Å². The van der Waals surface area contributed by atoms with Crippen LogP contribution in [0.15, 0.2) is 0 Å². The molecule has 0 aromatic carbocycles. The lowest BCUT2D eigenvalue weighted by atomic mass is 10.2. The largest absolute Gasteiger partial charge is 0.469 e. The maximum atomic E-state index is 12.1. The van der Waals surface area contributed by atoms with Crippen LogP contribution < -0.4 is 0 Å². The van der Waals surface area contributed by atoms with Crippen molar-refractivity contribution in [2.45, 2.75) is 51.7 Å². The average Bonchev–Trinajstić information content (AvgIpc) is 2.80. The Morgan fingerprint density at radius 2 is 2.05 bits per heavy atom. The lowest BCUT2D eigenvalue weighted by Gasteiger charge is -2.28. The zero-order chi connectivity index (χ0) is 15.2. The predicted octanol–water partition coefficient (Wildman–Crippen LogP) is 2.68. The molecule has 1 fully saturated rings. The van der Waals surface area contributed by atoms with Gasteiger partial charge in [-0.25, -0.2) is 4.79 Å². The molecular weight excluding hydrogens is 278 g/mol. The third kappa shape index (κ3) is 6.03. The van der Waals surface area contributed by atoms with Gasteiger partial charge in [-0.3, -0.25) is 4.79 Å². The molecule has 6 heteroatoms. The molecule has 0 aromatic heterocycles. The summed E-state index contributed by atoms with van der Waals surface area (Å²) in [5.41, 5.74) is -0.456. The summed E-state index contributed by atoms with van der Waals surface area (Å²) in [4.78, 5) is 24.9. The highest BCUT2D eigenvalue weighted by atomic mass is 32.2. The molecule has 0 unspecified atom stereocenters. The van der Waals surface area contributed by atoms with Crippen molar-refractivity contribution in [2.24, 2.45) is 0 Å². The highest BCUT2D eigenvalue weighted by Crippen LogP contribution is 2.23. The fourth-order valence-corrected chi connectivity index (χ4v) is 3.14. The molecule has 1 aliphatic heterocycles. The summed E-state index contributed by atoms with van der Waals surface area (Å²) in [6.07, 6.45) is 2.21. The lowest BCUT2D eigenvalue weighted by molar-refractivity contribution is -0.140. The first-order chi connectivity index (χ1) is 9.33. The van der Waals surface area contributed by atoms with Gasteiger partial charge in [-0.2, -0.15) is 11.8 Å². The Morgan fingerprint density at radius 1 is 1.35 bits per heavy atom. The molecule has 1 saturated heterocycles. The van der Waals surface area contributed by atoms with E-state index in [1.807, 2.05) is 25.7 Å². The molecule has 1 aliphatic rings. The molecule has 0 aliphatic carbocycles. The van der Waals surface area contributed by atoms with Crippen LogP contribution in [0.1, 0.15) is 40.0 Å². The predicted molar refractivity (Wildman–Crippen MR) is 79.9 cm³/mol. The van der Waals surface area contributed by atoms with Crippen LogP contribution in [-0.2, 0) is 14.3 Å². The summed E-state index contributed by atoms with van der Waals surface area (Å²) >= 11 is 1.68. The van der Waals surface area contributed by atoms with E-state index in [4.69, 9.17) is 4.74 Å². The molecule has 0 N–H and O–H groups in total. The molecule has 1 heterocycles. The summed E-state index contributed by atoms with van der Waals surface area (Å²) in [5.74, 6) is 1.38. The zero-order valence-electron chi connectivity index (χ0n) is 12.8. The minimum absolute atomic E-state index is 0.187. The molecule has 1 rings (SSSR count). The molecule has 20 heavy (non-hydrogen) atoms. The first-order valence-electron chi connectivity index (χ1n) is 6.97. The van der Waals surface area contributed by atoms with Crippen LogP contribution in [0.2, 0.25) is 0 Å². The summed E-state index contributed by atoms with van der Waals surface area (Å²) in [6.45, 7) is 6.39. The van der Waals surface area contributed by atoms with Gasteiger partial charge in [0.15, 0.2) is 0 Å². The lowest BCUT2D eigenvalue weighted by Crippen LogP contribution is -2.40. The van der Waals surface area contributed by atoms with Crippen LogP contribution in [0, 0.1) is 0 Å². The van der Waals surface area contributed by atoms with E-state index in [9.17, 15) is 9.59 Å². The van der Waals surface area contributed by atoms with Crippen molar-refractivity contribution in [1.29, 1.82) is 0 Å². The highest BCUT2D eigenvalue weighted by Gasteiger charge is 2.31. The van der Waals surface area contributed by atoms with Crippen molar-refractivity contribution < 1.29 is 19.1 Å². The van der Waals surface area contributed by atoms with E-state index in [1.165, 1.54) is 7.11 Å². The minimum Gasteiger partial charge on any atom is -0.469 e. The van der Waals surface area contributed by atoms with Crippen molar-refractivity contribution in [3.8, 4) is 0 Å². The number of nitrogens with zero attached hydrogens (tertiary/aromatic N) is 1. The normalized spacial score (nSPS) is 19.0. The summed E-state index contributed by atoms with van der Waals surface area (Å²) in [6, 6.07) is 0.215. The van der Waals surface area contributed by atoms with Gasteiger partial charge >= 0.3 is 12.1 Å². The van der Waals surface area contributed by atoms with Crippen LogP contribution in [0.3, 0.4) is 0 Å². The second kappa shape index (κ2) is 7.76. The number of methoxy groups -OCH3 is 1. The van der Waals surface area contributed by atoms with Gasteiger partial charge in [-0.15, -0.1) is 0 Å². The van der Waals surface area contributed by atoms with Crippen molar-refractivity contribution in [3.05, 3.63) is 0 Å². The molecule has 1 amide bonds. The molecular formula is C14H25NO4S. The monoisotopic (exact) mass is 303 g/mol.